The van der Waals surface area contributed by atoms with Crippen molar-refractivity contribution in [2.45, 2.75) is 89.9 Å². The monoisotopic (exact) mass is 434 g/mol. The largest absolute Gasteiger partial charge is 0.299 e. The van der Waals surface area contributed by atoms with E-state index in [1.807, 2.05) is 0 Å². The van der Waals surface area contributed by atoms with Crippen molar-refractivity contribution < 1.29 is 9.59 Å². The second kappa shape index (κ2) is 6.94. The van der Waals surface area contributed by atoms with Crippen molar-refractivity contribution in [2.75, 3.05) is 0 Å². The molecule has 32 heavy (non-hydrogen) atoms. The molecule has 2 heteroatoms. The van der Waals surface area contributed by atoms with Crippen LogP contribution in [0.5, 0.6) is 0 Å². The lowest BCUT2D eigenvalue weighted by Gasteiger charge is -2.62. The molecule has 0 heterocycles. The summed E-state index contributed by atoms with van der Waals surface area (Å²) in [5, 5.41) is 0. The van der Waals surface area contributed by atoms with Crippen molar-refractivity contribution >= 4 is 11.6 Å². The van der Waals surface area contributed by atoms with Gasteiger partial charge in [-0.2, -0.15) is 0 Å². The summed E-state index contributed by atoms with van der Waals surface area (Å²) in [6, 6.07) is 0. The van der Waals surface area contributed by atoms with Crippen LogP contribution in [0.2, 0.25) is 0 Å². The van der Waals surface area contributed by atoms with Gasteiger partial charge >= 0.3 is 0 Å². The molecule has 8 aliphatic carbocycles. The van der Waals surface area contributed by atoms with Crippen LogP contribution in [-0.4, -0.2) is 11.6 Å². The molecule has 0 amide bonds. The minimum absolute atomic E-state index is 0.426. The molecule has 14 atom stereocenters. The van der Waals surface area contributed by atoms with Crippen LogP contribution in [0.4, 0.5) is 0 Å². The van der Waals surface area contributed by atoms with E-state index >= 15 is 0 Å². The van der Waals surface area contributed by atoms with Gasteiger partial charge in [-0.3, -0.25) is 9.59 Å². The number of carbonyl (C=O) groups excluding carboxylic acids is 2. The van der Waals surface area contributed by atoms with Gasteiger partial charge in [0.1, 0.15) is 11.6 Å². The number of fused-ring (bicyclic) bond motifs is 8. The van der Waals surface area contributed by atoms with Crippen molar-refractivity contribution in [1.29, 1.82) is 0 Å². The normalized spacial score (nSPS) is 60.1. The summed E-state index contributed by atoms with van der Waals surface area (Å²) in [6.07, 6.45) is 18.6. The van der Waals surface area contributed by atoms with E-state index in [0.29, 0.717) is 29.5 Å². The van der Waals surface area contributed by atoms with Crippen molar-refractivity contribution in [3.05, 3.63) is 0 Å². The Hall–Kier alpha value is -0.660. The molecule has 0 saturated heterocycles. The highest BCUT2D eigenvalue weighted by atomic mass is 16.1. The maximum atomic E-state index is 13.8. The Bertz CT molecular complexity index is 831. The van der Waals surface area contributed by atoms with Crippen LogP contribution < -0.4 is 0 Å². The topological polar surface area (TPSA) is 34.1 Å². The highest BCUT2D eigenvalue weighted by Crippen LogP contribution is 2.69. The highest BCUT2D eigenvalue weighted by Gasteiger charge is 2.66. The summed E-state index contributed by atoms with van der Waals surface area (Å²) in [4.78, 5) is 27.3. The van der Waals surface area contributed by atoms with E-state index in [2.05, 4.69) is 0 Å². The number of hydrogen-bond acceptors (Lipinski definition) is 2. The predicted octanol–water partition coefficient (Wildman–Crippen LogP) is 6.32. The van der Waals surface area contributed by atoms with Gasteiger partial charge in [-0.25, -0.2) is 0 Å². The third-order valence-electron chi connectivity index (χ3n) is 13.4. The molecule has 0 aromatic carbocycles. The van der Waals surface area contributed by atoms with E-state index in [1.54, 1.807) is 0 Å². The summed E-state index contributed by atoms with van der Waals surface area (Å²) in [5.74, 6) is 11.1. The van der Waals surface area contributed by atoms with Gasteiger partial charge < -0.3 is 0 Å². The molecule has 0 bridgehead atoms. The van der Waals surface area contributed by atoms with Crippen molar-refractivity contribution in [2.24, 2.45) is 82.9 Å². The molecule has 0 aromatic rings. The van der Waals surface area contributed by atoms with Gasteiger partial charge in [-0.1, -0.05) is 25.7 Å². The van der Waals surface area contributed by atoms with Crippen LogP contribution >= 0.6 is 0 Å². The van der Waals surface area contributed by atoms with Gasteiger partial charge in [0.25, 0.3) is 0 Å². The first-order valence-corrected chi connectivity index (χ1v) is 14.8. The molecular formula is C30H42O2. The van der Waals surface area contributed by atoms with E-state index in [1.165, 1.54) is 89.9 Å². The standard InChI is InChI=1S/C30H42O2/c31-29-20-8-4-2-6-18(20)27-21-11-9-15-13-23-17-5-1-3-7-19(17)30(32)28(23)22-12-10-16(14-24(27)29)25(21)26(15)22/h15-28H,1-14H2. The molecule has 8 aliphatic rings. The second-order valence-corrected chi connectivity index (χ2v) is 13.9. The highest BCUT2D eigenvalue weighted by molar-refractivity contribution is 5.87. The lowest BCUT2D eigenvalue weighted by Crippen LogP contribution is -2.57. The molecule has 0 aliphatic heterocycles. The van der Waals surface area contributed by atoms with E-state index in [0.717, 1.165) is 65.0 Å². The van der Waals surface area contributed by atoms with E-state index in [9.17, 15) is 9.59 Å². The summed E-state index contributed by atoms with van der Waals surface area (Å²) in [5.41, 5.74) is 0. The van der Waals surface area contributed by atoms with Crippen molar-refractivity contribution in [3.63, 3.8) is 0 Å². The average molecular weight is 435 g/mol. The maximum Gasteiger partial charge on any atom is 0.139 e. The smallest absolute Gasteiger partial charge is 0.139 e. The molecule has 8 fully saturated rings. The Morgan fingerprint density at radius 2 is 1.06 bits per heavy atom. The van der Waals surface area contributed by atoms with Gasteiger partial charge in [0.15, 0.2) is 0 Å². The minimum atomic E-state index is 0.426. The first-order valence-electron chi connectivity index (χ1n) is 14.8. The van der Waals surface area contributed by atoms with Crippen LogP contribution in [0.25, 0.3) is 0 Å². The van der Waals surface area contributed by atoms with Crippen molar-refractivity contribution in [1.82, 2.24) is 0 Å². The Kier molecular flexibility index (Phi) is 4.26. The third-order valence-corrected chi connectivity index (χ3v) is 13.4. The molecule has 0 aromatic heterocycles. The molecule has 0 spiro atoms. The molecule has 14 unspecified atom stereocenters. The molecule has 0 radical (unpaired) electrons. The number of carbonyl (C=O) groups is 2. The molecular weight excluding hydrogens is 392 g/mol. The Labute approximate surface area is 194 Å². The Morgan fingerprint density at radius 1 is 0.438 bits per heavy atom. The first-order chi connectivity index (χ1) is 15.7. The number of ketones is 2. The number of hydrogen-bond donors (Lipinski definition) is 0. The molecule has 8 saturated carbocycles. The van der Waals surface area contributed by atoms with Gasteiger partial charge in [0, 0.05) is 23.7 Å². The Balaban J connectivity index is 1.15. The van der Waals surface area contributed by atoms with Crippen LogP contribution in [0.1, 0.15) is 89.9 Å². The molecule has 174 valence electrons. The van der Waals surface area contributed by atoms with Crippen molar-refractivity contribution in [3.8, 4) is 0 Å². The quantitative estimate of drug-likeness (QED) is 0.447. The van der Waals surface area contributed by atoms with Crippen LogP contribution in [-0.2, 0) is 9.59 Å². The second-order valence-electron chi connectivity index (χ2n) is 13.9. The van der Waals surface area contributed by atoms with Gasteiger partial charge in [-0.05, 0) is 123 Å². The molecule has 2 nitrogen and oxygen atoms in total. The summed E-state index contributed by atoms with van der Waals surface area (Å²) >= 11 is 0. The van der Waals surface area contributed by atoms with E-state index in [4.69, 9.17) is 0 Å². The summed E-state index contributed by atoms with van der Waals surface area (Å²) in [6.45, 7) is 0. The third kappa shape index (κ3) is 2.39. The predicted molar refractivity (Wildman–Crippen MR) is 124 cm³/mol. The zero-order chi connectivity index (χ0) is 21.1. The maximum absolute atomic E-state index is 13.8. The molecule has 8 rings (SSSR count). The lowest BCUT2D eigenvalue weighted by atomic mass is 9.42. The minimum Gasteiger partial charge on any atom is -0.299 e. The fourth-order valence-corrected chi connectivity index (χ4v) is 12.8. The zero-order valence-electron chi connectivity index (χ0n) is 19.8. The first kappa shape index (κ1) is 19.6. The van der Waals surface area contributed by atoms with Crippen LogP contribution in [0.15, 0.2) is 0 Å². The number of rotatable bonds is 0. The Morgan fingerprint density at radius 3 is 1.88 bits per heavy atom. The summed E-state index contributed by atoms with van der Waals surface area (Å²) < 4.78 is 0. The van der Waals surface area contributed by atoms with Gasteiger partial charge in [0.05, 0.1) is 0 Å². The van der Waals surface area contributed by atoms with E-state index < -0.39 is 0 Å². The fraction of sp³-hybridized carbons (Fsp3) is 0.933. The molecule has 0 N–H and O–H groups in total. The average Bonchev–Trinajstić information content (AvgIpc) is 3.29. The number of Topliss-reactive ketones (excluding diaryl/α,β-unsaturated/α-hetero) is 2. The van der Waals surface area contributed by atoms with Gasteiger partial charge in [0.2, 0.25) is 0 Å². The summed E-state index contributed by atoms with van der Waals surface area (Å²) in [7, 11) is 0. The van der Waals surface area contributed by atoms with Crippen LogP contribution in [0, 0.1) is 82.9 Å². The fourth-order valence-electron chi connectivity index (χ4n) is 12.8. The zero-order valence-corrected chi connectivity index (χ0v) is 19.8. The van der Waals surface area contributed by atoms with Gasteiger partial charge in [-0.15, -0.1) is 0 Å². The SMILES string of the molecule is O=C1C2CCCCC2C2C1CC1CCC3C4C(=O)C5CCCCC5C4CC4CCC2C1C43. The lowest BCUT2D eigenvalue weighted by molar-refractivity contribution is -0.154. The van der Waals surface area contributed by atoms with Crippen LogP contribution in [0.3, 0.4) is 0 Å². The van der Waals surface area contributed by atoms with E-state index in [-0.39, 0.29) is 0 Å².